The summed E-state index contributed by atoms with van der Waals surface area (Å²) in [6, 6.07) is 1.99. The summed E-state index contributed by atoms with van der Waals surface area (Å²) in [5, 5.41) is 2.83. The van der Waals surface area contributed by atoms with E-state index < -0.39 is 23.6 Å². The maximum absolute atomic E-state index is 14.2. The molecule has 2 fully saturated rings. The number of hydrogen-bond donors (Lipinski definition) is 2. The normalized spacial score (nSPS) is 25.3. The molecule has 3 N–H and O–H groups in total. The van der Waals surface area contributed by atoms with Crippen molar-refractivity contribution in [1.82, 2.24) is 10.2 Å². The second-order valence-corrected chi connectivity index (χ2v) is 7.35. The lowest BCUT2D eigenvalue weighted by molar-refractivity contribution is -0.125. The average molecular weight is 402 g/mol. The molecule has 0 spiro atoms. The summed E-state index contributed by atoms with van der Waals surface area (Å²) in [6.45, 7) is 2.09. The molecule has 8 heteroatoms. The van der Waals surface area contributed by atoms with Crippen LogP contribution in [0.4, 0.5) is 8.78 Å². The van der Waals surface area contributed by atoms with Crippen LogP contribution in [0.3, 0.4) is 0 Å². The number of likely N-dealkylation sites (tertiary alicyclic amines) is 1. The standard InChI is InChI=1S/C19H25F2N3O2.ClH/c1-11(10-22)23-18(25)17-8-12-4-2-3-5-16(12)24(17)19(26)14-7-6-13(20)9-15(14)21;/h6-7,9,11-12,16-17H,2-5,8,10,22H2,1H3,(H,23,25);1H/t11-,12?,16?,17?;/m0./s1. The van der Waals surface area contributed by atoms with Gasteiger partial charge in [-0.25, -0.2) is 8.78 Å². The van der Waals surface area contributed by atoms with Gasteiger partial charge < -0.3 is 16.0 Å². The Balaban J connectivity index is 0.00000261. The molecule has 4 atom stereocenters. The molecule has 0 bridgehead atoms. The van der Waals surface area contributed by atoms with Gasteiger partial charge >= 0.3 is 0 Å². The zero-order chi connectivity index (χ0) is 18.8. The number of carbonyl (C=O) groups is 2. The molecule has 1 heterocycles. The van der Waals surface area contributed by atoms with Gasteiger partial charge in [-0.2, -0.15) is 0 Å². The minimum Gasteiger partial charge on any atom is -0.351 e. The Bertz CT molecular complexity index is 704. The highest BCUT2D eigenvalue weighted by Crippen LogP contribution is 2.40. The number of nitrogens with one attached hydrogen (secondary N) is 1. The molecule has 1 saturated heterocycles. The summed E-state index contributed by atoms with van der Waals surface area (Å²) in [6.07, 6.45) is 4.38. The number of carbonyl (C=O) groups excluding carboxylic acids is 2. The fourth-order valence-electron chi connectivity index (χ4n) is 4.19. The first-order valence-corrected chi connectivity index (χ1v) is 9.20. The number of halogens is 3. The molecule has 1 aliphatic heterocycles. The molecule has 1 aromatic rings. The summed E-state index contributed by atoms with van der Waals surface area (Å²) in [7, 11) is 0. The molecule has 1 saturated carbocycles. The third-order valence-corrected chi connectivity index (χ3v) is 5.53. The van der Waals surface area contributed by atoms with E-state index in [-0.39, 0.29) is 41.9 Å². The van der Waals surface area contributed by atoms with Gasteiger partial charge in [0.05, 0.1) is 5.56 Å². The first kappa shape index (κ1) is 21.6. The van der Waals surface area contributed by atoms with Gasteiger partial charge in [-0.1, -0.05) is 12.8 Å². The molecule has 3 unspecified atom stereocenters. The van der Waals surface area contributed by atoms with E-state index >= 15 is 0 Å². The summed E-state index contributed by atoms with van der Waals surface area (Å²) >= 11 is 0. The molecular weight excluding hydrogens is 376 g/mol. The van der Waals surface area contributed by atoms with E-state index in [4.69, 9.17) is 5.73 Å². The van der Waals surface area contributed by atoms with E-state index in [2.05, 4.69) is 5.32 Å². The molecule has 2 amide bonds. The molecule has 27 heavy (non-hydrogen) atoms. The molecule has 1 aromatic carbocycles. The van der Waals surface area contributed by atoms with Crippen LogP contribution in [0.25, 0.3) is 0 Å². The summed E-state index contributed by atoms with van der Waals surface area (Å²) < 4.78 is 27.4. The maximum atomic E-state index is 14.2. The van der Waals surface area contributed by atoms with Crippen molar-refractivity contribution in [2.24, 2.45) is 11.7 Å². The van der Waals surface area contributed by atoms with Crippen LogP contribution in [0.2, 0.25) is 0 Å². The lowest BCUT2D eigenvalue weighted by Crippen LogP contribution is -2.52. The van der Waals surface area contributed by atoms with Gasteiger partial charge in [0.25, 0.3) is 5.91 Å². The van der Waals surface area contributed by atoms with Gasteiger partial charge in [-0.3, -0.25) is 9.59 Å². The Morgan fingerprint density at radius 1 is 1.30 bits per heavy atom. The van der Waals surface area contributed by atoms with E-state index in [1.807, 2.05) is 0 Å². The number of nitrogens with zero attached hydrogens (tertiary/aromatic N) is 1. The molecular formula is C19H26ClF2N3O2. The van der Waals surface area contributed by atoms with Crippen LogP contribution in [-0.4, -0.2) is 41.4 Å². The highest BCUT2D eigenvalue weighted by atomic mass is 35.5. The van der Waals surface area contributed by atoms with Crippen LogP contribution < -0.4 is 11.1 Å². The largest absolute Gasteiger partial charge is 0.351 e. The number of fused-ring (bicyclic) bond motifs is 1. The number of amides is 2. The monoisotopic (exact) mass is 401 g/mol. The van der Waals surface area contributed by atoms with Crippen LogP contribution in [0.1, 0.15) is 49.4 Å². The van der Waals surface area contributed by atoms with Crippen LogP contribution >= 0.6 is 12.4 Å². The van der Waals surface area contributed by atoms with Gasteiger partial charge in [-0.15, -0.1) is 12.4 Å². The van der Waals surface area contributed by atoms with Crippen molar-refractivity contribution in [2.45, 2.75) is 57.2 Å². The number of hydrogen-bond acceptors (Lipinski definition) is 3. The SMILES string of the molecule is C[C@@H](CN)NC(=O)C1CC2CCCCC2N1C(=O)c1ccc(F)cc1F.Cl. The van der Waals surface area contributed by atoms with Crippen LogP contribution in [0.15, 0.2) is 18.2 Å². The Morgan fingerprint density at radius 2 is 2.00 bits per heavy atom. The highest BCUT2D eigenvalue weighted by Gasteiger charge is 2.48. The third-order valence-electron chi connectivity index (χ3n) is 5.53. The number of benzene rings is 1. The van der Waals surface area contributed by atoms with E-state index in [9.17, 15) is 18.4 Å². The van der Waals surface area contributed by atoms with Crippen LogP contribution in [-0.2, 0) is 4.79 Å². The molecule has 0 aromatic heterocycles. The van der Waals surface area contributed by atoms with E-state index in [1.54, 1.807) is 6.92 Å². The zero-order valence-corrected chi connectivity index (χ0v) is 16.1. The Labute approximate surface area is 164 Å². The average Bonchev–Trinajstić information content (AvgIpc) is 3.00. The van der Waals surface area contributed by atoms with Crippen LogP contribution in [0.5, 0.6) is 0 Å². The Morgan fingerprint density at radius 3 is 2.67 bits per heavy atom. The fraction of sp³-hybridized carbons (Fsp3) is 0.579. The first-order chi connectivity index (χ1) is 12.4. The van der Waals surface area contributed by atoms with Crippen molar-refractivity contribution in [3.63, 3.8) is 0 Å². The molecule has 2 aliphatic rings. The summed E-state index contributed by atoms with van der Waals surface area (Å²) in [5.74, 6) is -2.20. The van der Waals surface area contributed by atoms with Gasteiger partial charge in [0.1, 0.15) is 17.7 Å². The lowest BCUT2D eigenvalue weighted by atomic mass is 9.84. The highest BCUT2D eigenvalue weighted by molar-refractivity contribution is 5.98. The third kappa shape index (κ3) is 4.41. The molecule has 3 rings (SSSR count). The van der Waals surface area contributed by atoms with Gasteiger partial charge in [0, 0.05) is 24.7 Å². The molecule has 0 radical (unpaired) electrons. The lowest BCUT2D eigenvalue weighted by Gasteiger charge is -2.34. The van der Waals surface area contributed by atoms with Gasteiger partial charge in [0.15, 0.2) is 0 Å². The van der Waals surface area contributed by atoms with Crippen LogP contribution in [0, 0.1) is 17.6 Å². The van der Waals surface area contributed by atoms with E-state index in [0.717, 1.165) is 37.8 Å². The molecule has 5 nitrogen and oxygen atoms in total. The topological polar surface area (TPSA) is 75.4 Å². The number of rotatable bonds is 4. The first-order valence-electron chi connectivity index (χ1n) is 9.20. The van der Waals surface area contributed by atoms with Gasteiger partial charge in [-0.05, 0) is 44.2 Å². The zero-order valence-electron chi connectivity index (χ0n) is 15.3. The number of nitrogens with two attached hydrogens (primary N) is 1. The van der Waals surface area contributed by atoms with Crippen molar-refractivity contribution in [3.8, 4) is 0 Å². The Hall–Kier alpha value is -1.73. The Kier molecular flexibility index (Phi) is 7.17. The quantitative estimate of drug-likeness (QED) is 0.814. The summed E-state index contributed by atoms with van der Waals surface area (Å²) in [5.41, 5.74) is 5.38. The van der Waals surface area contributed by atoms with E-state index in [1.165, 1.54) is 4.90 Å². The maximum Gasteiger partial charge on any atom is 0.257 e. The van der Waals surface area contributed by atoms with Crippen molar-refractivity contribution in [2.75, 3.05) is 6.54 Å². The second-order valence-electron chi connectivity index (χ2n) is 7.35. The smallest absolute Gasteiger partial charge is 0.257 e. The minimum atomic E-state index is -0.899. The van der Waals surface area contributed by atoms with Crippen molar-refractivity contribution in [3.05, 3.63) is 35.4 Å². The second kappa shape index (κ2) is 8.97. The predicted molar refractivity (Wildman–Crippen MR) is 101 cm³/mol. The fourth-order valence-corrected chi connectivity index (χ4v) is 4.19. The predicted octanol–water partition coefficient (Wildman–Crippen LogP) is 2.62. The van der Waals surface area contributed by atoms with Crippen molar-refractivity contribution >= 4 is 24.2 Å². The van der Waals surface area contributed by atoms with Crippen molar-refractivity contribution < 1.29 is 18.4 Å². The van der Waals surface area contributed by atoms with Crippen molar-refractivity contribution in [1.29, 1.82) is 0 Å². The van der Waals surface area contributed by atoms with Gasteiger partial charge in [0.2, 0.25) is 5.91 Å². The summed E-state index contributed by atoms with van der Waals surface area (Å²) in [4.78, 5) is 27.3. The van der Waals surface area contributed by atoms with E-state index in [0.29, 0.717) is 19.0 Å². The minimum absolute atomic E-state index is 0. The molecule has 150 valence electrons. The molecule has 1 aliphatic carbocycles.